The summed E-state index contributed by atoms with van der Waals surface area (Å²) in [6.07, 6.45) is 0. The van der Waals surface area contributed by atoms with Crippen molar-refractivity contribution in [2.45, 2.75) is 11.5 Å². The zero-order valence-electron chi connectivity index (χ0n) is 14.7. The summed E-state index contributed by atoms with van der Waals surface area (Å²) in [7, 11) is -3.94. The quantitative estimate of drug-likeness (QED) is 0.427. The zero-order chi connectivity index (χ0) is 21.0. The monoisotopic (exact) mass is 476 g/mol. The molecule has 2 aromatic carbocycles. The fourth-order valence-corrected chi connectivity index (χ4v) is 3.79. The zero-order valence-corrected chi connectivity index (χ0v) is 17.1. The van der Waals surface area contributed by atoms with E-state index in [4.69, 9.17) is 14.4 Å². The smallest absolute Gasteiger partial charge is 0.336 e. The number of halogens is 1. The minimum Gasteiger partial charge on any atom is -0.460 e. The molecule has 0 unspecified atom stereocenters. The highest BCUT2D eigenvalue weighted by molar-refractivity contribution is 9.10. The minimum atomic E-state index is -3.94. The Morgan fingerprint density at radius 2 is 1.90 bits per heavy atom. The molecule has 3 rings (SSSR count). The van der Waals surface area contributed by atoms with Gasteiger partial charge in [0.2, 0.25) is 10.0 Å². The molecule has 0 amide bonds. The fourth-order valence-electron chi connectivity index (χ4n) is 2.48. The lowest BCUT2D eigenvalue weighted by Gasteiger charge is -2.09. The number of nitrogens with zero attached hydrogens (tertiary/aromatic N) is 1. The van der Waals surface area contributed by atoms with E-state index in [1.807, 2.05) is 6.07 Å². The highest BCUT2D eigenvalue weighted by atomic mass is 79.9. The van der Waals surface area contributed by atoms with Gasteiger partial charge in [0.15, 0.2) is 0 Å². The van der Waals surface area contributed by atoms with Crippen LogP contribution >= 0.6 is 15.9 Å². The number of hydrogen-bond donors (Lipinski definition) is 1. The predicted molar refractivity (Wildman–Crippen MR) is 106 cm³/mol. The van der Waals surface area contributed by atoms with Crippen LogP contribution in [-0.4, -0.2) is 20.9 Å². The number of nitrogens with one attached hydrogen (secondary N) is 1. The summed E-state index contributed by atoms with van der Waals surface area (Å²) < 4.78 is 37.5. The number of benzene rings is 2. The van der Waals surface area contributed by atoms with Crippen LogP contribution in [0.3, 0.4) is 0 Å². The lowest BCUT2D eigenvalue weighted by molar-refractivity contribution is -0.143. The molecule has 0 aliphatic heterocycles. The molecule has 0 spiro atoms. The van der Waals surface area contributed by atoms with E-state index in [0.717, 1.165) is 4.47 Å². The molecule has 0 saturated heterocycles. The summed E-state index contributed by atoms with van der Waals surface area (Å²) >= 11 is 3.28. The number of rotatable bonds is 6. The van der Waals surface area contributed by atoms with Gasteiger partial charge in [0.25, 0.3) is 0 Å². The molecule has 1 aromatic heterocycles. The number of nitriles is 1. The SMILES string of the molecule is N#Cc1ccc(S(=O)(=O)NCC(=O)OCc2cc(=O)oc3cc(Br)ccc23)cc1. The molecular formula is C19H13BrN2O6S. The van der Waals surface area contributed by atoms with Gasteiger partial charge in [-0.05, 0) is 42.5 Å². The third-order valence-electron chi connectivity index (χ3n) is 3.88. The Balaban J connectivity index is 1.65. The van der Waals surface area contributed by atoms with Gasteiger partial charge in [0.1, 0.15) is 18.7 Å². The first kappa shape index (κ1) is 20.7. The molecule has 0 aliphatic rings. The predicted octanol–water partition coefficient (Wildman–Crippen LogP) is 2.45. The van der Waals surface area contributed by atoms with E-state index in [1.54, 1.807) is 18.2 Å². The standard InChI is InChI=1S/C19H13BrN2O6S/c20-14-3-6-16-13(7-18(23)28-17(16)8-14)11-27-19(24)10-22-29(25,26)15-4-1-12(9-21)2-5-15/h1-8,22H,10-11H2. The van der Waals surface area contributed by atoms with Gasteiger partial charge in [0, 0.05) is 21.5 Å². The van der Waals surface area contributed by atoms with Gasteiger partial charge in [0.05, 0.1) is 16.5 Å². The van der Waals surface area contributed by atoms with Crippen molar-refractivity contribution in [1.82, 2.24) is 4.72 Å². The van der Waals surface area contributed by atoms with Crippen LogP contribution in [0.25, 0.3) is 11.0 Å². The summed E-state index contributed by atoms with van der Waals surface area (Å²) in [5.41, 5.74) is 0.490. The van der Waals surface area contributed by atoms with Crippen molar-refractivity contribution in [1.29, 1.82) is 5.26 Å². The second kappa shape index (κ2) is 8.57. The van der Waals surface area contributed by atoms with E-state index in [1.165, 1.54) is 30.3 Å². The van der Waals surface area contributed by atoms with Gasteiger partial charge in [-0.1, -0.05) is 15.9 Å². The third kappa shape index (κ3) is 5.08. The summed E-state index contributed by atoms with van der Waals surface area (Å²) in [5, 5.41) is 9.35. The second-order valence-electron chi connectivity index (χ2n) is 5.85. The first-order valence-electron chi connectivity index (χ1n) is 8.16. The Bertz CT molecular complexity index is 1280. The van der Waals surface area contributed by atoms with E-state index in [0.29, 0.717) is 22.1 Å². The van der Waals surface area contributed by atoms with E-state index in [9.17, 15) is 18.0 Å². The van der Waals surface area contributed by atoms with E-state index < -0.39 is 28.2 Å². The number of carbonyl (C=O) groups is 1. The molecule has 3 aromatic rings. The minimum absolute atomic E-state index is 0.0819. The number of fused-ring (bicyclic) bond motifs is 1. The van der Waals surface area contributed by atoms with Crippen molar-refractivity contribution in [2.75, 3.05) is 6.54 Å². The Morgan fingerprint density at radius 1 is 1.17 bits per heavy atom. The van der Waals surface area contributed by atoms with E-state index in [2.05, 4.69) is 20.7 Å². The average molecular weight is 477 g/mol. The van der Waals surface area contributed by atoms with Crippen LogP contribution in [0, 0.1) is 11.3 Å². The number of ether oxygens (including phenoxy) is 1. The lowest BCUT2D eigenvalue weighted by Crippen LogP contribution is -2.30. The molecule has 0 atom stereocenters. The number of sulfonamides is 1. The van der Waals surface area contributed by atoms with Crippen molar-refractivity contribution in [3.63, 3.8) is 0 Å². The summed E-state index contributed by atoms with van der Waals surface area (Å²) in [6, 6.07) is 13.4. The van der Waals surface area contributed by atoms with Crippen LogP contribution in [0.2, 0.25) is 0 Å². The first-order valence-corrected chi connectivity index (χ1v) is 10.4. The lowest BCUT2D eigenvalue weighted by atomic mass is 10.1. The molecule has 10 heteroatoms. The number of hydrogen-bond acceptors (Lipinski definition) is 7. The Morgan fingerprint density at radius 3 is 2.59 bits per heavy atom. The van der Waals surface area contributed by atoms with Gasteiger partial charge >= 0.3 is 11.6 Å². The second-order valence-corrected chi connectivity index (χ2v) is 8.54. The van der Waals surface area contributed by atoms with Crippen molar-refractivity contribution < 1.29 is 22.4 Å². The molecule has 0 radical (unpaired) electrons. The van der Waals surface area contributed by atoms with Gasteiger partial charge in [-0.2, -0.15) is 9.98 Å². The third-order valence-corrected chi connectivity index (χ3v) is 5.79. The molecule has 0 aliphatic carbocycles. The van der Waals surface area contributed by atoms with Crippen LogP contribution in [0.1, 0.15) is 11.1 Å². The highest BCUT2D eigenvalue weighted by Gasteiger charge is 2.16. The largest absolute Gasteiger partial charge is 0.460 e. The molecule has 0 bridgehead atoms. The maximum atomic E-state index is 12.2. The summed E-state index contributed by atoms with van der Waals surface area (Å²) in [6.45, 7) is -0.811. The highest BCUT2D eigenvalue weighted by Crippen LogP contribution is 2.22. The molecule has 8 nitrogen and oxygen atoms in total. The topological polar surface area (TPSA) is 126 Å². The van der Waals surface area contributed by atoms with Crippen LogP contribution in [0.4, 0.5) is 0 Å². The van der Waals surface area contributed by atoms with Gasteiger partial charge < -0.3 is 9.15 Å². The number of esters is 1. The van der Waals surface area contributed by atoms with Gasteiger partial charge in [-0.3, -0.25) is 4.79 Å². The molecule has 0 fully saturated rings. The Labute approximate surface area is 173 Å². The Hall–Kier alpha value is -3.00. The van der Waals surface area contributed by atoms with Crippen molar-refractivity contribution in [3.05, 3.63) is 74.6 Å². The van der Waals surface area contributed by atoms with Crippen molar-refractivity contribution in [3.8, 4) is 6.07 Å². The summed E-state index contributed by atoms with van der Waals surface area (Å²) in [4.78, 5) is 23.6. The van der Waals surface area contributed by atoms with E-state index in [-0.39, 0.29) is 11.5 Å². The Kier molecular flexibility index (Phi) is 6.12. The van der Waals surface area contributed by atoms with Crippen LogP contribution in [0.15, 0.2) is 67.1 Å². The molecule has 1 heterocycles. The van der Waals surface area contributed by atoms with E-state index >= 15 is 0 Å². The molecule has 29 heavy (non-hydrogen) atoms. The average Bonchev–Trinajstić information content (AvgIpc) is 2.70. The summed E-state index contributed by atoms with van der Waals surface area (Å²) in [5.74, 6) is -0.819. The van der Waals surface area contributed by atoms with Crippen LogP contribution < -0.4 is 10.3 Å². The van der Waals surface area contributed by atoms with Crippen LogP contribution in [-0.2, 0) is 26.2 Å². The first-order chi connectivity index (χ1) is 13.8. The van der Waals surface area contributed by atoms with Gasteiger partial charge in [-0.15, -0.1) is 0 Å². The van der Waals surface area contributed by atoms with Gasteiger partial charge in [-0.25, -0.2) is 13.2 Å². The number of carbonyl (C=O) groups excluding carboxylic acids is 1. The van der Waals surface area contributed by atoms with Crippen molar-refractivity contribution in [2.24, 2.45) is 0 Å². The normalized spacial score (nSPS) is 11.2. The molecule has 148 valence electrons. The maximum absolute atomic E-state index is 12.2. The van der Waals surface area contributed by atoms with Crippen molar-refractivity contribution >= 4 is 42.9 Å². The molecular weight excluding hydrogens is 464 g/mol. The van der Waals surface area contributed by atoms with Crippen LogP contribution in [0.5, 0.6) is 0 Å². The maximum Gasteiger partial charge on any atom is 0.336 e. The molecule has 1 N–H and O–H groups in total. The molecule has 0 saturated carbocycles. The fraction of sp³-hybridized carbons (Fsp3) is 0.105.